The molecule has 2 N–H and O–H groups in total. The van der Waals surface area contributed by atoms with Crippen LogP contribution in [-0.2, 0) is 24.8 Å². The molecule has 9 nitrogen and oxygen atoms in total. The fourth-order valence-electron chi connectivity index (χ4n) is 3.10. The van der Waals surface area contributed by atoms with Gasteiger partial charge in [-0.25, -0.2) is 26.5 Å². The number of nitrogens with one attached hydrogen (secondary N) is 2. The van der Waals surface area contributed by atoms with Crippen molar-refractivity contribution in [3.63, 3.8) is 0 Å². The smallest absolute Gasteiger partial charge is 0.244 e. The molecule has 1 aliphatic heterocycles. The van der Waals surface area contributed by atoms with E-state index in [0.29, 0.717) is 29.4 Å². The van der Waals surface area contributed by atoms with Gasteiger partial charge in [-0.3, -0.25) is 4.79 Å². The van der Waals surface area contributed by atoms with Crippen LogP contribution in [-0.4, -0.2) is 57.9 Å². The second-order valence-electron chi connectivity index (χ2n) is 6.97. The van der Waals surface area contributed by atoms with Crippen LogP contribution < -0.4 is 10.0 Å². The Bertz CT molecular complexity index is 1160. The van der Waals surface area contributed by atoms with Gasteiger partial charge in [0.15, 0.2) is 0 Å². The first-order valence-corrected chi connectivity index (χ1v) is 13.5. The van der Waals surface area contributed by atoms with Crippen molar-refractivity contribution in [2.45, 2.75) is 34.6 Å². The molecule has 12 heteroatoms. The minimum atomic E-state index is -3.63. The van der Waals surface area contributed by atoms with Crippen molar-refractivity contribution in [3.05, 3.63) is 42.1 Å². The normalized spacial score (nSPS) is 15.2. The number of carbonyl (C=O) groups excluding carboxylic acids is 1. The van der Waals surface area contributed by atoms with Gasteiger partial charge in [0, 0.05) is 25.0 Å². The molecule has 0 unspecified atom stereocenters. The van der Waals surface area contributed by atoms with Crippen LogP contribution in [0.2, 0.25) is 0 Å². The Morgan fingerprint density at radius 2 is 1.84 bits per heavy atom. The van der Waals surface area contributed by atoms with Crippen LogP contribution in [0.25, 0.3) is 0 Å². The Balaban J connectivity index is 1.61. The number of aromatic nitrogens is 1. The van der Waals surface area contributed by atoms with Gasteiger partial charge in [0.25, 0.3) is 0 Å². The molecule has 0 radical (unpaired) electrons. The van der Waals surface area contributed by atoms with Gasteiger partial charge in [0.05, 0.1) is 15.7 Å². The van der Waals surface area contributed by atoms with Crippen LogP contribution in [0, 0.1) is 6.92 Å². The van der Waals surface area contributed by atoms with Gasteiger partial charge in [-0.2, -0.15) is 4.31 Å². The number of thioether (sulfide) groups is 1. The van der Waals surface area contributed by atoms with Crippen LogP contribution in [0.15, 0.2) is 51.3 Å². The number of benzene rings is 1. The molecule has 31 heavy (non-hydrogen) atoms. The molecule has 0 bridgehead atoms. The number of pyridine rings is 1. The maximum atomic E-state index is 12.5. The van der Waals surface area contributed by atoms with Crippen molar-refractivity contribution >= 4 is 43.4 Å². The number of hydrogen-bond donors (Lipinski definition) is 2. The molecule has 3 rings (SSSR count). The van der Waals surface area contributed by atoms with Gasteiger partial charge in [-0.1, -0.05) is 17.8 Å². The van der Waals surface area contributed by atoms with Crippen LogP contribution in [0.5, 0.6) is 0 Å². The van der Waals surface area contributed by atoms with Crippen LogP contribution >= 0.6 is 11.8 Å². The van der Waals surface area contributed by atoms with Crippen molar-refractivity contribution in [2.24, 2.45) is 0 Å². The number of rotatable bonds is 8. The second kappa shape index (κ2) is 9.65. The van der Waals surface area contributed by atoms with Gasteiger partial charge < -0.3 is 5.32 Å². The average molecular weight is 485 g/mol. The van der Waals surface area contributed by atoms with Crippen molar-refractivity contribution in [2.75, 3.05) is 31.2 Å². The molecule has 1 saturated heterocycles. The van der Waals surface area contributed by atoms with Gasteiger partial charge in [-0.05, 0) is 56.6 Å². The molecule has 1 aromatic heterocycles. The largest absolute Gasteiger partial charge is 0.325 e. The summed E-state index contributed by atoms with van der Waals surface area (Å²) < 4.78 is 52.9. The highest BCUT2D eigenvalue weighted by atomic mass is 32.2. The molecule has 168 valence electrons. The Morgan fingerprint density at radius 1 is 1.13 bits per heavy atom. The fraction of sp³-hybridized carbons (Fsp3) is 0.368. The Morgan fingerprint density at radius 3 is 2.45 bits per heavy atom. The van der Waals surface area contributed by atoms with E-state index >= 15 is 0 Å². The summed E-state index contributed by atoms with van der Waals surface area (Å²) >= 11 is 1.15. The summed E-state index contributed by atoms with van der Waals surface area (Å²) in [6, 6.07) is 7.72. The summed E-state index contributed by atoms with van der Waals surface area (Å²) in [5, 5.41) is 3.18. The summed E-state index contributed by atoms with van der Waals surface area (Å²) in [6.45, 7) is 2.72. The molecular formula is C19H24N4O5S3. The van der Waals surface area contributed by atoms with Crippen molar-refractivity contribution in [3.8, 4) is 0 Å². The summed E-state index contributed by atoms with van der Waals surface area (Å²) in [4.78, 5) is 16.7. The summed E-state index contributed by atoms with van der Waals surface area (Å²) in [5.41, 5.74) is 0.930. The van der Waals surface area contributed by atoms with Crippen molar-refractivity contribution in [1.29, 1.82) is 0 Å². The topological polar surface area (TPSA) is 126 Å². The lowest BCUT2D eigenvalue weighted by Crippen LogP contribution is -2.27. The van der Waals surface area contributed by atoms with Crippen LogP contribution in [0.1, 0.15) is 18.4 Å². The average Bonchev–Trinajstić information content (AvgIpc) is 3.30. The molecule has 2 aromatic rings. The quantitative estimate of drug-likeness (QED) is 0.547. The number of amides is 1. The molecule has 0 saturated carbocycles. The van der Waals surface area contributed by atoms with Gasteiger partial charge >= 0.3 is 0 Å². The summed E-state index contributed by atoms with van der Waals surface area (Å²) in [6.07, 6.45) is 3.03. The maximum absolute atomic E-state index is 12.5. The van der Waals surface area contributed by atoms with E-state index in [4.69, 9.17) is 0 Å². The van der Waals surface area contributed by atoms with E-state index in [0.717, 1.165) is 24.6 Å². The Hall–Kier alpha value is -1.99. The van der Waals surface area contributed by atoms with Crippen molar-refractivity contribution < 1.29 is 21.6 Å². The highest BCUT2D eigenvalue weighted by Gasteiger charge is 2.27. The first-order valence-electron chi connectivity index (χ1n) is 9.56. The van der Waals surface area contributed by atoms with E-state index in [9.17, 15) is 21.6 Å². The van der Waals surface area contributed by atoms with E-state index in [1.807, 2.05) is 0 Å². The van der Waals surface area contributed by atoms with Gasteiger partial charge in [0.2, 0.25) is 26.0 Å². The SMILES string of the molecule is CNS(=O)(=O)c1cc(NC(=O)CSc2ccc(S(=O)(=O)N3CCCC3)cn2)ccc1C. The number of hydrogen-bond acceptors (Lipinski definition) is 7. The molecule has 0 spiro atoms. The predicted octanol–water partition coefficient (Wildman–Crippen LogP) is 1.81. The lowest BCUT2D eigenvalue weighted by molar-refractivity contribution is -0.113. The number of nitrogens with zero attached hydrogens (tertiary/aromatic N) is 2. The molecule has 1 aromatic carbocycles. The lowest BCUT2D eigenvalue weighted by Gasteiger charge is -2.15. The number of carbonyl (C=O) groups is 1. The molecule has 2 heterocycles. The monoisotopic (exact) mass is 484 g/mol. The van der Waals surface area contributed by atoms with E-state index < -0.39 is 20.0 Å². The van der Waals surface area contributed by atoms with Gasteiger partial charge in [-0.15, -0.1) is 0 Å². The molecule has 1 fully saturated rings. The van der Waals surface area contributed by atoms with Crippen LogP contribution in [0.3, 0.4) is 0 Å². The molecule has 0 atom stereocenters. The summed E-state index contributed by atoms with van der Waals surface area (Å²) in [7, 11) is -5.83. The minimum Gasteiger partial charge on any atom is -0.325 e. The standard InChI is InChI=1S/C19H24N4O5S3/c1-14-5-6-15(11-17(14)30(25,26)20-2)22-18(24)13-29-19-8-7-16(12-21-19)31(27,28)23-9-3-4-10-23/h5-8,11-12,20H,3-4,9-10,13H2,1-2H3,(H,22,24). The Kier molecular flexibility index (Phi) is 7.37. The second-order valence-corrected chi connectivity index (χ2v) is 11.8. The van der Waals surface area contributed by atoms with E-state index in [2.05, 4.69) is 15.0 Å². The van der Waals surface area contributed by atoms with E-state index in [1.54, 1.807) is 25.1 Å². The number of anilines is 1. The zero-order chi connectivity index (χ0) is 22.6. The van der Waals surface area contributed by atoms with Crippen molar-refractivity contribution in [1.82, 2.24) is 14.0 Å². The zero-order valence-corrected chi connectivity index (χ0v) is 19.6. The Labute approximate surface area is 186 Å². The highest BCUT2D eigenvalue weighted by molar-refractivity contribution is 7.99. The van der Waals surface area contributed by atoms with Crippen LogP contribution in [0.4, 0.5) is 5.69 Å². The summed E-state index contributed by atoms with van der Waals surface area (Å²) in [5.74, 6) is -0.301. The fourth-order valence-corrected chi connectivity index (χ4v) is 6.20. The highest BCUT2D eigenvalue weighted by Crippen LogP contribution is 2.23. The van der Waals surface area contributed by atoms with Gasteiger partial charge in [0.1, 0.15) is 4.90 Å². The first kappa shape index (κ1) is 23.7. The molecular weight excluding hydrogens is 460 g/mol. The number of aryl methyl sites for hydroxylation is 1. The third-order valence-corrected chi connectivity index (χ3v) is 9.18. The first-order chi connectivity index (χ1) is 14.6. The zero-order valence-electron chi connectivity index (χ0n) is 17.2. The molecule has 1 aliphatic rings. The lowest BCUT2D eigenvalue weighted by atomic mass is 10.2. The molecule has 1 amide bonds. The van der Waals surface area contributed by atoms with E-state index in [-0.39, 0.29) is 21.5 Å². The third-order valence-electron chi connectivity index (χ3n) is 4.79. The van der Waals surface area contributed by atoms with E-state index in [1.165, 1.54) is 29.7 Å². The maximum Gasteiger partial charge on any atom is 0.244 e. The number of sulfonamides is 2. The third kappa shape index (κ3) is 5.63. The predicted molar refractivity (Wildman–Crippen MR) is 119 cm³/mol. The molecule has 0 aliphatic carbocycles. The minimum absolute atomic E-state index is 0.0349.